The van der Waals surface area contributed by atoms with E-state index in [0.717, 1.165) is 24.8 Å². The van der Waals surface area contributed by atoms with Crippen LogP contribution in [0.25, 0.3) is 11.5 Å². The van der Waals surface area contributed by atoms with Gasteiger partial charge in [-0.1, -0.05) is 34.1 Å². The summed E-state index contributed by atoms with van der Waals surface area (Å²) < 4.78 is 11.8. The number of carbonyl (C=O) groups is 1. The average Bonchev–Trinajstić information content (AvgIpc) is 3.10. The van der Waals surface area contributed by atoms with Gasteiger partial charge in [0, 0.05) is 9.89 Å². The van der Waals surface area contributed by atoms with E-state index in [9.17, 15) is 4.79 Å². The summed E-state index contributed by atoms with van der Waals surface area (Å²) in [7, 11) is 0. The van der Waals surface area contributed by atoms with Gasteiger partial charge in [0.25, 0.3) is 5.89 Å². The van der Waals surface area contributed by atoms with Crippen molar-refractivity contribution in [1.82, 2.24) is 10.2 Å². The molecule has 0 radical (unpaired) electrons. The minimum absolute atomic E-state index is 0.0904. The third-order valence-electron chi connectivity index (χ3n) is 6.52. The van der Waals surface area contributed by atoms with Crippen LogP contribution in [0.4, 0.5) is 0 Å². The van der Waals surface area contributed by atoms with Gasteiger partial charge < -0.3 is 9.15 Å². The van der Waals surface area contributed by atoms with Crippen LogP contribution >= 0.6 is 15.9 Å². The Labute approximate surface area is 167 Å². The van der Waals surface area contributed by atoms with E-state index in [-0.39, 0.29) is 15.7 Å². The lowest BCUT2D eigenvalue weighted by Gasteiger charge is -2.58. The molecule has 1 heterocycles. The first-order valence-electron chi connectivity index (χ1n) is 9.74. The van der Waals surface area contributed by atoms with Crippen LogP contribution in [-0.2, 0) is 9.53 Å². The lowest BCUT2D eigenvalue weighted by molar-refractivity contribution is -0.175. The van der Waals surface area contributed by atoms with Crippen molar-refractivity contribution in [2.45, 2.75) is 55.9 Å². The van der Waals surface area contributed by atoms with E-state index in [1.807, 2.05) is 37.3 Å². The molecule has 6 heteroatoms. The number of ether oxygens (including phenoxy) is 1. The Hall–Kier alpha value is -1.69. The molecule has 2 aromatic rings. The summed E-state index contributed by atoms with van der Waals surface area (Å²) >= 11 is 3.95. The molecular formula is C21H23BrN2O3. The molecule has 0 saturated heterocycles. The number of aromatic nitrogens is 2. The van der Waals surface area contributed by atoms with Crippen LogP contribution in [0.2, 0.25) is 0 Å². The van der Waals surface area contributed by atoms with Crippen LogP contribution in [-0.4, -0.2) is 20.5 Å². The fraction of sp³-hybridized carbons (Fsp3) is 0.571. The number of hydrogen-bond acceptors (Lipinski definition) is 5. The van der Waals surface area contributed by atoms with Crippen LogP contribution in [0.1, 0.15) is 57.4 Å². The number of nitrogens with zero attached hydrogens (tertiary/aromatic N) is 2. The third kappa shape index (κ3) is 3.02. The van der Waals surface area contributed by atoms with Crippen molar-refractivity contribution in [3.63, 3.8) is 0 Å². The first-order valence-corrected chi connectivity index (χ1v) is 10.5. The highest BCUT2D eigenvalue weighted by molar-refractivity contribution is 9.10. The summed E-state index contributed by atoms with van der Waals surface area (Å²) in [6.07, 6.45) is 5.92. The highest BCUT2D eigenvalue weighted by Gasteiger charge is 2.60. The van der Waals surface area contributed by atoms with Crippen LogP contribution in [0.3, 0.4) is 0 Å². The van der Waals surface area contributed by atoms with Gasteiger partial charge in [-0.25, -0.2) is 0 Å². The van der Waals surface area contributed by atoms with Gasteiger partial charge in [-0.05, 0) is 69.4 Å². The van der Waals surface area contributed by atoms with Gasteiger partial charge >= 0.3 is 5.97 Å². The predicted octanol–water partition coefficient (Wildman–Crippen LogP) is 5.07. The number of halogens is 1. The highest BCUT2D eigenvalue weighted by Crippen LogP contribution is 2.64. The van der Waals surface area contributed by atoms with E-state index in [1.54, 1.807) is 0 Å². The largest absolute Gasteiger partial charge is 0.452 e. The summed E-state index contributed by atoms with van der Waals surface area (Å²) in [5, 5.41) is 8.21. The van der Waals surface area contributed by atoms with E-state index < -0.39 is 6.10 Å². The molecule has 0 spiro atoms. The lowest BCUT2D eigenvalue weighted by Crippen LogP contribution is -2.56. The number of alkyl halides is 1. The monoisotopic (exact) mass is 430 g/mol. The standard InChI is InChI=1S/C21H23BrN2O3/c1-13(17-23-24-18(27-17)16-5-3-2-4-6-16)26-19(25)20-8-14-7-15(9-20)11-21(22,10-14)12-20/h2-6,13-15H,7-12H2,1H3. The number of carbonyl (C=O) groups excluding carboxylic acids is 1. The molecular weight excluding hydrogens is 408 g/mol. The van der Waals surface area contributed by atoms with Crippen molar-refractivity contribution in [3.05, 3.63) is 36.2 Å². The lowest BCUT2D eigenvalue weighted by atomic mass is 9.49. The molecule has 3 unspecified atom stereocenters. The Morgan fingerprint density at radius 2 is 1.89 bits per heavy atom. The fourth-order valence-electron chi connectivity index (χ4n) is 5.82. The molecule has 0 amide bonds. The van der Waals surface area contributed by atoms with Crippen molar-refractivity contribution in [1.29, 1.82) is 0 Å². The molecule has 0 N–H and O–H groups in total. The van der Waals surface area contributed by atoms with Gasteiger partial charge in [-0.15, -0.1) is 10.2 Å². The molecule has 27 heavy (non-hydrogen) atoms. The van der Waals surface area contributed by atoms with Crippen molar-refractivity contribution in [2.24, 2.45) is 17.3 Å². The van der Waals surface area contributed by atoms with E-state index >= 15 is 0 Å². The Kier molecular flexibility index (Phi) is 3.97. The highest BCUT2D eigenvalue weighted by atomic mass is 79.9. The van der Waals surface area contributed by atoms with Gasteiger partial charge in [-0.2, -0.15) is 0 Å². The third-order valence-corrected chi connectivity index (χ3v) is 7.44. The summed E-state index contributed by atoms with van der Waals surface area (Å²) in [6.45, 7) is 1.81. The zero-order chi connectivity index (χ0) is 18.6. The van der Waals surface area contributed by atoms with Gasteiger partial charge in [0.05, 0.1) is 5.41 Å². The quantitative estimate of drug-likeness (QED) is 0.499. The molecule has 1 aromatic carbocycles. The summed E-state index contributed by atoms with van der Waals surface area (Å²) in [6, 6.07) is 9.61. The van der Waals surface area contributed by atoms with E-state index in [0.29, 0.717) is 23.6 Å². The molecule has 4 bridgehead atoms. The minimum Gasteiger partial charge on any atom is -0.452 e. The Bertz CT molecular complexity index is 851. The minimum atomic E-state index is -0.540. The summed E-state index contributed by atoms with van der Waals surface area (Å²) in [5.74, 6) is 1.98. The topological polar surface area (TPSA) is 65.2 Å². The second-order valence-corrected chi connectivity index (χ2v) is 10.4. The number of benzene rings is 1. The molecule has 4 saturated carbocycles. The first kappa shape index (κ1) is 17.4. The van der Waals surface area contributed by atoms with Crippen molar-refractivity contribution < 1.29 is 13.9 Å². The molecule has 4 aliphatic rings. The van der Waals surface area contributed by atoms with Crippen molar-refractivity contribution >= 4 is 21.9 Å². The van der Waals surface area contributed by atoms with Gasteiger partial charge in [0.1, 0.15) is 0 Å². The molecule has 1 aromatic heterocycles. The maximum atomic E-state index is 13.2. The van der Waals surface area contributed by atoms with Crippen molar-refractivity contribution in [2.75, 3.05) is 0 Å². The SMILES string of the molecule is CC(OC(=O)C12CC3CC(CC(Br)(C3)C1)C2)c1nnc(-c2ccccc2)o1. The molecule has 3 atom stereocenters. The molecule has 142 valence electrons. The Morgan fingerprint density at radius 3 is 2.56 bits per heavy atom. The van der Waals surface area contributed by atoms with Crippen LogP contribution in [0.15, 0.2) is 34.7 Å². The number of esters is 1. The van der Waals surface area contributed by atoms with E-state index in [4.69, 9.17) is 9.15 Å². The number of rotatable bonds is 4. The second-order valence-electron chi connectivity index (χ2n) is 8.75. The summed E-state index contributed by atoms with van der Waals surface area (Å²) in [5.41, 5.74) is 0.515. The first-order chi connectivity index (χ1) is 12.9. The maximum Gasteiger partial charge on any atom is 0.312 e. The molecule has 6 rings (SSSR count). The fourth-order valence-corrected chi connectivity index (χ4v) is 7.27. The summed E-state index contributed by atoms with van der Waals surface area (Å²) in [4.78, 5) is 13.2. The normalized spacial score (nSPS) is 35.2. The maximum absolute atomic E-state index is 13.2. The second kappa shape index (κ2) is 6.16. The zero-order valence-electron chi connectivity index (χ0n) is 15.4. The smallest absolute Gasteiger partial charge is 0.312 e. The molecule has 5 nitrogen and oxygen atoms in total. The van der Waals surface area contributed by atoms with Gasteiger partial charge in [0.15, 0.2) is 6.10 Å². The van der Waals surface area contributed by atoms with E-state index in [1.165, 1.54) is 19.3 Å². The Morgan fingerprint density at radius 1 is 1.19 bits per heavy atom. The van der Waals surface area contributed by atoms with Crippen LogP contribution in [0, 0.1) is 17.3 Å². The average molecular weight is 431 g/mol. The van der Waals surface area contributed by atoms with Gasteiger partial charge in [-0.3, -0.25) is 4.79 Å². The van der Waals surface area contributed by atoms with E-state index in [2.05, 4.69) is 26.1 Å². The Balaban J connectivity index is 1.32. The molecule has 4 aliphatic carbocycles. The van der Waals surface area contributed by atoms with Crippen LogP contribution < -0.4 is 0 Å². The van der Waals surface area contributed by atoms with Gasteiger partial charge in [0.2, 0.25) is 5.89 Å². The predicted molar refractivity (Wildman–Crippen MR) is 103 cm³/mol. The zero-order valence-corrected chi connectivity index (χ0v) is 16.9. The van der Waals surface area contributed by atoms with Crippen molar-refractivity contribution in [3.8, 4) is 11.5 Å². The van der Waals surface area contributed by atoms with Crippen LogP contribution in [0.5, 0.6) is 0 Å². The molecule has 0 aliphatic heterocycles. The number of hydrogen-bond donors (Lipinski definition) is 0. The molecule has 4 fully saturated rings.